The number of hydrogen-bond donors (Lipinski definition) is 1. The molecule has 1 saturated heterocycles. The second kappa shape index (κ2) is 9.32. The second-order valence-corrected chi connectivity index (χ2v) is 5.43. The van der Waals surface area contributed by atoms with Crippen LogP contribution in [0.25, 0.3) is 0 Å². The molecule has 1 fully saturated rings. The Labute approximate surface area is 106 Å². The van der Waals surface area contributed by atoms with Crippen LogP contribution in [0.5, 0.6) is 0 Å². The zero-order valence-corrected chi connectivity index (χ0v) is 11.6. The maximum absolute atomic E-state index is 5.51. The van der Waals surface area contributed by atoms with Crippen LogP contribution < -0.4 is 0 Å². The minimum atomic E-state index is 0.774. The van der Waals surface area contributed by atoms with Gasteiger partial charge < -0.3 is 9.64 Å². The van der Waals surface area contributed by atoms with Crippen molar-refractivity contribution in [3.05, 3.63) is 0 Å². The zero-order valence-electron chi connectivity index (χ0n) is 10.7. The van der Waals surface area contributed by atoms with Crippen molar-refractivity contribution in [1.82, 2.24) is 4.90 Å². The van der Waals surface area contributed by atoms with Gasteiger partial charge in [-0.05, 0) is 50.9 Å². The Balaban J connectivity index is 1.95. The third-order valence-corrected chi connectivity index (χ3v) is 3.59. The SMILES string of the molecule is CN(CCCCCCS)CC1CCCOC1. The molecule has 16 heavy (non-hydrogen) atoms. The molecule has 1 unspecified atom stereocenters. The fourth-order valence-corrected chi connectivity index (χ4v) is 2.55. The average molecular weight is 245 g/mol. The van der Waals surface area contributed by atoms with E-state index in [-0.39, 0.29) is 0 Å². The van der Waals surface area contributed by atoms with Gasteiger partial charge >= 0.3 is 0 Å². The molecule has 0 aromatic carbocycles. The summed E-state index contributed by atoms with van der Waals surface area (Å²) in [4.78, 5) is 2.47. The van der Waals surface area contributed by atoms with Crippen molar-refractivity contribution in [2.45, 2.75) is 38.5 Å². The third kappa shape index (κ3) is 6.77. The van der Waals surface area contributed by atoms with Crippen molar-refractivity contribution >= 4 is 12.6 Å². The fourth-order valence-electron chi connectivity index (χ4n) is 2.33. The number of thiol groups is 1. The van der Waals surface area contributed by atoms with Gasteiger partial charge in [0.25, 0.3) is 0 Å². The molecule has 96 valence electrons. The highest BCUT2D eigenvalue weighted by atomic mass is 32.1. The summed E-state index contributed by atoms with van der Waals surface area (Å²) < 4.78 is 5.51. The maximum Gasteiger partial charge on any atom is 0.0506 e. The van der Waals surface area contributed by atoms with E-state index in [9.17, 15) is 0 Å². The summed E-state index contributed by atoms with van der Waals surface area (Å²) in [6, 6.07) is 0. The Kier molecular flexibility index (Phi) is 8.34. The van der Waals surface area contributed by atoms with Gasteiger partial charge in [0, 0.05) is 13.2 Å². The van der Waals surface area contributed by atoms with Gasteiger partial charge in [0.2, 0.25) is 0 Å². The Hall–Kier alpha value is 0.270. The van der Waals surface area contributed by atoms with Gasteiger partial charge in [-0.2, -0.15) is 12.6 Å². The summed E-state index contributed by atoms with van der Waals surface area (Å²) >= 11 is 4.23. The van der Waals surface area contributed by atoms with E-state index < -0.39 is 0 Å². The van der Waals surface area contributed by atoms with Gasteiger partial charge in [-0.1, -0.05) is 12.8 Å². The minimum Gasteiger partial charge on any atom is -0.381 e. The monoisotopic (exact) mass is 245 g/mol. The molecule has 0 aromatic heterocycles. The summed E-state index contributed by atoms with van der Waals surface area (Å²) in [5.41, 5.74) is 0. The number of rotatable bonds is 8. The molecule has 1 aliphatic heterocycles. The van der Waals surface area contributed by atoms with E-state index in [0.29, 0.717) is 0 Å². The molecule has 0 amide bonds. The highest BCUT2D eigenvalue weighted by Crippen LogP contribution is 2.14. The van der Waals surface area contributed by atoms with Crippen LogP contribution in [0.4, 0.5) is 0 Å². The first-order chi connectivity index (χ1) is 7.83. The standard InChI is InChI=1S/C13H27NOS/c1-14(8-4-2-3-5-10-16)11-13-7-6-9-15-12-13/h13,16H,2-12H2,1H3. The first-order valence-corrected chi connectivity index (χ1v) is 7.33. The van der Waals surface area contributed by atoms with E-state index in [0.717, 1.165) is 24.9 Å². The minimum absolute atomic E-state index is 0.774. The summed E-state index contributed by atoms with van der Waals surface area (Å²) in [6.07, 6.45) is 7.89. The van der Waals surface area contributed by atoms with E-state index in [2.05, 4.69) is 24.6 Å². The van der Waals surface area contributed by atoms with Crippen molar-refractivity contribution in [3.63, 3.8) is 0 Å². The molecule has 0 spiro atoms. The van der Waals surface area contributed by atoms with Gasteiger partial charge in [-0.3, -0.25) is 0 Å². The van der Waals surface area contributed by atoms with Gasteiger partial charge in [-0.15, -0.1) is 0 Å². The molecule has 3 heteroatoms. The molecule has 1 aliphatic rings. The predicted molar refractivity (Wildman–Crippen MR) is 73.4 cm³/mol. The second-order valence-electron chi connectivity index (χ2n) is 4.98. The van der Waals surface area contributed by atoms with Gasteiger partial charge in [-0.25, -0.2) is 0 Å². The smallest absolute Gasteiger partial charge is 0.0506 e. The summed E-state index contributed by atoms with van der Waals surface area (Å²) in [5.74, 6) is 1.81. The molecule has 0 radical (unpaired) electrons. The predicted octanol–water partition coefficient (Wildman–Crippen LogP) is 2.84. The van der Waals surface area contributed by atoms with Crippen molar-refractivity contribution in [1.29, 1.82) is 0 Å². The van der Waals surface area contributed by atoms with Gasteiger partial charge in [0.1, 0.15) is 0 Å². The molecule has 0 aromatic rings. The van der Waals surface area contributed by atoms with Crippen LogP contribution in [0.15, 0.2) is 0 Å². The lowest BCUT2D eigenvalue weighted by molar-refractivity contribution is 0.0419. The van der Waals surface area contributed by atoms with Crippen LogP contribution in [-0.4, -0.2) is 44.0 Å². The first-order valence-electron chi connectivity index (χ1n) is 6.70. The summed E-state index contributed by atoms with van der Waals surface area (Å²) in [7, 11) is 2.24. The van der Waals surface area contributed by atoms with E-state index in [1.807, 2.05) is 0 Å². The van der Waals surface area contributed by atoms with Crippen molar-refractivity contribution in [3.8, 4) is 0 Å². The topological polar surface area (TPSA) is 12.5 Å². The van der Waals surface area contributed by atoms with E-state index in [4.69, 9.17) is 4.74 Å². The molecule has 1 heterocycles. The highest BCUT2D eigenvalue weighted by molar-refractivity contribution is 7.80. The average Bonchev–Trinajstić information content (AvgIpc) is 2.30. The Morgan fingerprint density at radius 3 is 2.75 bits per heavy atom. The van der Waals surface area contributed by atoms with Gasteiger partial charge in [0.15, 0.2) is 0 Å². The lowest BCUT2D eigenvalue weighted by Crippen LogP contribution is -2.31. The van der Waals surface area contributed by atoms with Crippen LogP contribution >= 0.6 is 12.6 Å². The van der Waals surface area contributed by atoms with E-state index in [1.54, 1.807) is 0 Å². The van der Waals surface area contributed by atoms with Crippen LogP contribution in [0.2, 0.25) is 0 Å². The number of ether oxygens (including phenoxy) is 1. The molecule has 2 nitrogen and oxygen atoms in total. The molecule has 1 atom stereocenters. The van der Waals surface area contributed by atoms with E-state index >= 15 is 0 Å². The Morgan fingerprint density at radius 2 is 2.06 bits per heavy atom. The number of hydrogen-bond acceptors (Lipinski definition) is 3. The lowest BCUT2D eigenvalue weighted by atomic mass is 10.0. The van der Waals surface area contributed by atoms with Crippen molar-refractivity contribution in [2.75, 3.05) is 39.1 Å². The highest BCUT2D eigenvalue weighted by Gasteiger charge is 2.15. The number of nitrogens with zero attached hydrogens (tertiary/aromatic N) is 1. The summed E-state index contributed by atoms with van der Waals surface area (Å²) in [5, 5.41) is 0. The fraction of sp³-hybridized carbons (Fsp3) is 1.00. The van der Waals surface area contributed by atoms with Crippen molar-refractivity contribution < 1.29 is 4.74 Å². The summed E-state index contributed by atoms with van der Waals surface area (Å²) in [6.45, 7) is 4.41. The van der Waals surface area contributed by atoms with Crippen LogP contribution in [0.3, 0.4) is 0 Å². The lowest BCUT2D eigenvalue weighted by Gasteiger charge is -2.27. The number of unbranched alkanes of at least 4 members (excludes halogenated alkanes) is 3. The normalized spacial score (nSPS) is 21.6. The van der Waals surface area contributed by atoms with Gasteiger partial charge in [0.05, 0.1) is 6.61 Å². The van der Waals surface area contributed by atoms with E-state index in [1.165, 1.54) is 51.6 Å². The quantitative estimate of drug-likeness (QED) is 0.521. The molecule has 0 aliphatic carbocycles. The zero-order chi connectivity index (χ0) is 11.6. The molecule has 0 saturated carbocycles. The molecule has 0 bridgehead atoms. The Morgan fingerprint density at radius 1 is 1.25 bits per heavy atom. The van der Waals surface area contributed by atoms with Crippen molar-refractivity contribution in [2.24, 2.45) is 5.92 Å². The molecular formula is C13H27NOS. The largest absolute Gasteiger partial charge is 0.381 e. The first kappa shape index (κ1) is 14.3. The Bertz CT molecular complexity index is 160. The third-order valence-electron chi connectivity index (χ3n) is 3.27. The molecule has 1 rings (SSSR count). The van der Waals surface area contributed by atoms with Crippen LogP contribution in [0, 0.1) is 5.92 Å². The maximum atomic E-state index is 5.51. The molecule has 0 N–H and O–H groups in total. The van der Waals surface area contributed by atoms with Crippen LogP contribution in [0.1, 0.15) is 38.5 Å². The molecular weight excluding hydrogens is 218 g/mol. The van der Waals surface area contributed by atoms with Crippen LogP contribution in [-0.2, 0) is 4.74 Å².